The molecule has 0 bridgehead atoms. The van der Waals surface area contributed by atoms with E-state index in [1.807, 2.05) is 39.0 Å². The average Bonchev–Trinajstić information content (AvgIpc) is 3.19. The van der Waals surface area contributed by atoms with Gasteiger partial charge in [-0.15, -0.1) is 11.3 Å². The predicted molar refractivity (Wildman–Crippen MR) is 122 cm³/mol. The first-order valence-electron chi connectivity index (χ1n) is 9.46. The zero-order valence-corrected chi connectivity index (χ0v) is 18.6. The molecule has 2 heterocycles. The monoisotopic (exact) mass is 435 g/mol. The Kier molecular flexibility index (Phi) is 8.25. The van der Waals surface area contributed by atoms with Gasteiger partial charge in [-0.05, 0) is 42.5 Å². The number of aromatic nitrogens is 1. The minimum absolute atomic E-state index is 0.00789. The van der Waals surface area contributed by atoms with E-state index in [9.17, 15) is 9.59 Å². The van der Waals surface area contributed by atoms with Crippen molar-refractivity contribution in [1.29, 1.82) is 0 Å². The number of aliphatic hydroxyl groups is 1. The van der Waals surface area contributed by atoms with E-state index in [4.69, 9.17) is 16.7 Å². The van der Waals surface area contributed by atoms with Crippen molar-refractivity contribution in [2.24, 2.45) is 7.05 Å². The van der Waals surface area contributed by atoms with Crippen LogP contribution in [0.15, 0.2) is 34.4 Å². The number of fused-ring (bicyclic) bond motifs is 1. The molecule has 0 saturated carbocycles. The van der Waals surface area contributed by atoms with E-state index in [0.717, 1.165) is 5.56 Å². The van der Waals surface area contributed by atoms with E-state index in [0.29, 0.717) is 45.1 Å². The fourth-order valence-electron chi connectivity index (χ4n) is 2.80. The Morgan fingerprint density at radius 2 is 2.00 bits per heavy atom. The maximum atomic E-state index is 12.9. The van der Waals surface area contributed by atoms with E-state index in [1.54, 1.807) is 18.5 Å². The van der Waals surface area contributed by atoms with Gasteiger partial charge in [0.25, 0.3) is 11.5 Å². The highest BCUT2D eigenvalue weighted by molar-refractivity contribution is 7.17. The maximum Gasteiger partial charge on any atom is 0.260 e. The number of anilines is 2. The van der Waals surface area contributed by atoms with Gasteiger partial charge in [-0.2, -0.15) is 0 Å². The molecular weight excluding hydrogens is 410 g/mol. The average molecular weight is 436 g/mol. The normalized spacial score (nSPS) is 10.4. The molecule has 0 fully saturated rings. The standard InChI is InChI=1S/C19H20ClN3O3S.C2H6/c1-11-4-5-14(13(20)10-11)22-17-15(18(25)21-7-3-8-24)16-12(6-9-27-16)19(26)23(17)2;1-2/h4-6,9-10,22,24H,3,7-8H2,1-2H3,(H,21,25);1-2H3. The number of nitrogens with one attached hydrogen (secondary N) is 2. The van der Waals surface area contributed by atoms with Gasteiger partial charge in [0.05, 0.1) is 26.4 Å². The number of aryl methyl sites for hydroxylation is 1. The molecule has 29 heavy (non-hydrogen) atoms. The van der Waals surface area contributed by atoms with Gasteiger partial charge >= 0.3 is 0 Å². The molecule has 6 nitrogen and oxygen atoms in total. The van der Waals surface area contributed by atoms with Crippen molar-refractivity contribution in [3.8, 4) is 0 Å². The lowest BCUT2D eigenvalue weighted by atomic mass is 10.1. The molecule has 3 rings (SSSR count). The molecule has 0 unspecified atom stereocenters. The number of carbonyl (C=O) groups excluding carboxylic acids is 1. The van der Waals surface area contributed by atoms with Crippen LogP contribution in [0.5, 0.6) is 0 Å². The Morgan fingerprint density at radius 1 is 1.28 bits per heavy atom. The summed E-state index contributed by atoms with van der Waals surface area (Å²) < 4.78 is 2.04. The molecule has 1 amide bonds. The Labute approximate surface area is 179 Å². The first-order chi connectivity index (χ1) is 13.9. The number of amides is 1. The summed E-state index contributed by atoms with van der Waals surface area (Å²) in [4.78, 5) is 25.6. The fraction of sp³-hybridized carbons (Fsp3) is 0.333. The number of hydrogen-bond donors (Lipinski definition) is 3. The van der Waals surface area contributed by atoms with Crippen LogP contribution in [0, 0.1) is 6.92 Å². The zero-order valence-electron chi connectivity index (χ0n) is 17.0. The summed E-state index contributed by atoms with van der Waals surface area (Å²) >= 11 is 7.67. The summed E-state index contributed by atoms with van der Waals surface area (Å²) in [5.41, 5.74) is 1.81. The number of pyridine rings is 1. The van der Waals surface area contributed by atoms with Gasteiger partial charge in [0.15, 0.2) is 0 Å². The first kappa shape index (κ1) is 22.9. The number of aliphatic hydroxyl groups excluding tert-OH is 1. The van der Waals surface area contributed by atoms with Gasteiger partial charge in [0, 0.05) is 20.2 Å². The Balaban J connectivity index is 0.00000145. The number of carbonyl (C=O) groups is 1. The van der Waals surface area contributed by atoms with Crippen molar-refractivity contribution >= 4 is 50.4 Å². The second kappa shape index (κ2) is 10.4. The highest BCUT2D eigenvalue weighted by Crippen LogP contribution is 2.32. The summed E-state index contributed by atoms with van der Waals surface area (Å²) in [5, 5.41) is 17.7. The highest BCUT2D eigenvalue weighted by atomic mass is 35.5. The summed E-state index contributed by atoms with van der Waals surface area (Å²) in [7, 11) is 1.62. The van der Waals surface area contributed by atoms with Crippen molar-refractivity contribution in [2.75, 3.05) is 18.5 Å². The Bertz CT molecular complexity index is 1060. The van der Waals surface area contributed by atoms with Gasteiger partial charge < -0.3 is 15.7 Å². The minimum Gasteiger partial charge on any atom is -0.396 e. The molecule has 0 aliphatic heterocycles. The van der Waals surface area contributed by atoms with Crippen molar-refractivity contribution in [3.05, 3.63) is 56.1 Å². The maximum absolute atomic E-state index is 12.9. The predicted octanol–water partition coefficient (Wildman–Crippen LogP) is 4.44. The Hall–Kier alpha value is -2.35. The van der Waals surface area contributed by atoms with Crippen LogP contribution in [0.4, 0.5) is 11.5 Å². The largest absolute Gasteiger partial charge is 0.396 e. The van der Waals surface area contributed by atoms with Crippen LogP contribution >= 0.6 is 22.9 Å². The van der Waals surface area contributed by atoms with Gasteiger partial charge in [0.1, 0.15) is 5.82 Å². The summed E-state index contributed by atoms with van der Waals surface area (Å²) in [6.45, 7) is 6.27. The molecule has 0 spiro atoms. The third kappa shape index (κ3) is 4.98. The second-order valence-electron chi connectivity index (χ2n) is 6.19. The van der Waals surface area contributed by atoms with Crippen molar-refractivity contribution in [3.63, 3.8) is 0 Å². The van der Waals surface area contributed by atoms with Crippen LogP contribution in [0.2, 0.25) is 5.02 Å². The smallest absolute Gasteiger partial charge is 0.260 e. The lowest BCUT2D eigenvalue weighted by molar-refractivity contribution is 0.0953. The quantitative estimate of drug-likeness (QED) is 0.499. The zero-order chi connectivity index (χ0) is 21.6. The molecule has 0 aliphatic rings. The number of thiophene rings is 1. The minimum atomic E-state index is -0.308. The molecule has 0 saturated heterocycles. The summed E-state index contributed by atoms with van der Waals surface area (Å²) in [6.07, 6.45) is 0.456. The molecule has 1 aromatic carbocycles. The van der Waals surface area contributed by atoms with E-state index in [2.05, 4.69) is 10.6 Å². The number of nitrogens with zero attached hydrogens (tertiary/aromatic N) is 1. The Morgan fingerprint density at radius 3 is 2.66 bits per heavy atom. The summed E-state index contributed by atoms with van der Waals surface area (Å²) in [5.74, 6) is 0.0689. The van der Waals surface area contributed by atoms with E-state index < -0.39 is 0 Å². The van der Waals surface area contributed by atoms with E-state index in [-0.39, 0.29) is 18.1 Å². The molecule has 0 aliphatic carbocycles. The van der Waals surface area contributed by atoms with Gasteiger partial charge in [-0.25, -0.2) is 0 Å². The number of halogens is 1. The van der Waals surface area contributed by atoms with Crippen molar-refractivity contribution in [2.45, 2.75) is 27.2 Å². The molecule has 3 N–H and O–H groups in total. The van der Waals surface area contributed by atoms with Gasteiger partial charge in [0.2, 0.25) is 0 Å². The number of rotatable bonds is 6. The molecule has 156 valence electrons. The summed E-state index contributed by atoms with van der Waals surface area (Å²) in [6, 6.07) is 7.24. The lowest BCUT2D eigenvalue weighted by Gasteiger charge is -2.18. The number of hydrogen-bond acceptors (Lipinski definition) is 5. The third-order valence-corrected chi connectivity index (χ3v) is 5.47. The second-order valence-corrected chi connectivity index (χ2v) is 7.52. The van der Waals surface area contributed by atoms with Crippen LogP contribution in [0.25, 0.3) is 10.1 Å². The first-order valence-corrected chi connectivity index (χ1v) is 10.7. The molecule has 0 atom stereocenters. The molecular formula is C21H26ClN3O3S. The fourth-order valence-corrected chi connectivity index (χ4v) is 4.02. The van der Waals surface area contributed by atoms with Crippen LogP contribution in [0.1, 0.15) is 36.2 Å². The van der Waals surface area contributed by atoms with Crippen LogP contribution in [0.3, 0.4) is 0 Å². The van der Waals surface area contributed by atoms with Crippen molar-refractivity contribution in [1.82, 2.24) is 9.88 Å². The van der Waals surface area contributed by atoms with Crippen LogP contribution < -0.4 is 16.2 Å². The third-order valence-electron chi connectivity index (χ3n) is 4.22. The van der Waals surface area contributed by atoms with E-state index >= 15 is 0 Å². The van der Waals surface area contributed by atoms with Crippen LogP contribution in [-0.4, -0.2) is 28.7 Å². The molecule has 0 radical (unpaired) electrons. The lowest BCUT2D eigenvalue weighted by Crippen LogP contribution is -2.29. The highest BCUT2D eigenvalue weighted by Gasteiger charge is 2.22. The molecule has 3 aromatic rings. The molecule has 8 heteroatoms. The topological polar surface area (TPSA) is 83.4 Å². The van der Waals surface area contributed by atoms with Crippen LogP contribution in [-0.2, 0) is 7.05 Å². The number of benzene rings is 1. The van der Waals surface area contributed by atoms with Gasteiger partial charge in [-0.3, -0.25) is 14.2 Å². The van der Waals surface area contributed by atoms with E-state index in [1.165, 1.54) is 15.9 Å². The SMILES string of the molecule is CC.Cc1ccc(Nc2c(C(=O)NCCCO)c3sccc3c(=O)n2C)c(Cl)c1. The van der Waals surface area contributed by atoms with Gasteiger partial charge in [-0.1, -0.05) is 31.5 Å². The molecule has 2 aromatic heterocycles. The van der Waals surface area contributed by atoms with Crippen molar-refractivity contribution < 1.29 is 9.90 Å².